The maximum absolute atomic E-state index is 12.9. The van der Waals surface area contributed by atoms with Crippen molar-refractivity contribution in [3.63, 3.8) is 0 Å². The van der Waals surface area contributed by atoms with E-state index in [4.69, 9.17) is 5.26 Å². The van der Waals surface area contributed by atoms with Gasteiger partial charge in [-0.2, -0.15) is 5.26 Å². The Morgan fingerprint density at radius 3 is 2.80 bits per heavy atom. The van der Waals surface area contributed by atoms with Gasteiger partial charge < -0.3 is 0 Å². The van der Waals surface area contributed by atoms with Crippen LogP contribution in [0, 0.1) is 30.0 Å². The average molecular weight is 205 g/mol. The van der Waals surface area contributed by atoms with Crippen molar-refractivity contribution < 1.29 is 9.18 Å². The molecule has 0 aliphatic rings. The van der Waals surface area contributed by atoms with E-state index in [1.807, 2.05) is 6.07 Å². The van der Waals surface area contributed by atoms with Crippen molar-refractivity contribution in [2.24, 2.45) is 5.92 Å². The Morgan fingerprint density at radius 2 is 2.27 bits per heavy atom. The van der Waals surface area contributed by atoms with E-state index in [0.717, 1.165) is 0 Å². The predicted octanol–water partition coefficient (Wildman–Crippen LogP) is 2.87. The Labute approximate surface area is 88.3 Å². The number of ketones is 1. The number of nitriles is 1. The molecule has 0 spiro atoms. The van der Waals surface area contributed by atoms with Crippen LogP contribution in [0.15, 0.2) is 18.2 Å². The molecule has 1 aromatic carbocycles. The molecule has 0 amide bonds. The molecule has 3 heteroatoms. The maximum Gasteiger partial charge on any atom is 0.180 e. The average Bonchev–Trinajstić information content (AvgIpc) is 2.23. The molecule has 0 aromatic heterocycles. The van der Waals surface area contributed by atoms with Crippen molar-refractivity contribution in [3.05, 3.63) is 35.1 Å². The van der Waals surface area contributed by atoms with Gasteiger partial charge in [-0.1, -0.05) is 13.0 Å². The molecule has 1 rings (SSSR count). The second-order valence-electron chi connectivity index (χ2n) is 3.41. The molecule has 0 fully saturated rings. The van der Waals surface area contributed by atoms with Crippen molar-refractivity contribution in [1.29, 1.82) is 5.26 Å². The zero-order valence-electron chi connectivity index (χ0n) is 8.75. The first kappa shape index (κ1) is 11.4. The van der Waals surface area contributed by atoms with E-state index in [1.165, 1.54) is 12.1 Å². The van der Waals surface area contributed by atoms with Gasteiger partial charge in [0.05, 0.1) is 6.07 Å². The molecular formula is C12H12FNO. The molecule has 0 bridgehead atoms. The van der Waals surface area contributed by atoms with Crippen LogP contribution < -0.4 is 0 Å². The fraction of sp³-hybridized carbons (Fsp3) is 0.333. The van der Waals surface area contributed by atoms with Crippen LogP contribution >= 0.6 is 0 Å². The lowest BCUT2D eigenvalue weighted by Gasteiger charge is -2.07. The molecular weight excluding hydrogens is 193 g/mol. The quantitative estimate of drug-likeness (QED) is 0.712. The van der Waals surface area contributed by atoms with Crippen LogP contribution in [0.5, 0.6) is 0 Å². The van der Waals surface area contributed by atoms with E-state index in [9.17, 15) is 9.18 Å². The summed E-state index contributed by atoms with van der Waals surface area (Å²) in [6.07, 6.45) is 0.450. The summed E-state index contributed by atoms with van der Waals surface area (Å²) in [5.74, 6) is -1.42. The summed E-state index contributed by atoms with van der Waals surface area (Å²) in [6.45, 7) is 3.50. The van der Waals surface area contributed by atoms with Crippen LogP contribution in [-0.4, -0.2) is 5.78 Å². The molecule has 0 radical (unpaired) electrons. The fourth-order valence-electron chi connectivity index (χ4n) is 1.38. The topological polar surface area (TPSA) is 40.9 Å². The molecule has 0 N–H and O–H groups in total. The van der Waals surface area contributed by atoms with Crippen LogP contribution in [0.25, 0.3) is 0 Å². The van der Waals surface area contributed by atoms with Gasteiger partial charge in [0.2, 0.25) is 0 Å². The lowest BCUT2D eigenvalue weighted by atomic mass is 9.94. The Hall–Kier alpha value is -1.69. The molecule has 15 heavy (non-hydrogen) atoms. The summed E-state index contributed by atoms with van der Waals surface area (Å²) in [6, 6.07) is 5.97. The minimum atomic E-state index is -0.675. The Kier molecular flexibility index (Phi) is 3.56. The minimum absolute atomic E-state index is 0.294. The molecule has 0 aliphatic carbocycles. The highest BCUT2D eigenvalue weighted by Gasteiger charge is 2.19. The molecule has 1 atom stereocenters. The summed E-state index contributed by atoms with van der Waals surface area (Å²) in [5, 5.41) is 8.75. The molecule has 0 aliphatic heterocycles. The van der Waals surface area contributed by atoms with Crippen molar-refractivity contribution in [2.45, 2.75) is 20.3 Å². The lowest BCUT2D eigenvalue weighted by Crippen LogP contribution is -2.13. The zero-order valence-corrected chi connectivity index (χ0v) is 8.75. The molecule has 2 nitrogen and oxygen atoms in total. The van der Waals surface area contributed by atoms with Gasteiger partial charge in [-0.3, -0.25) is 4.79 Å². The molecule has 0 heterocycles. The normalized spacial score (nSPS) is 11.9. The van der Waals surface area contributed by atoms with E-state index in [1.54, 1.807) is 19.9 Å². The Bertz CT molecular complexity index is 420. The third-order valence-electron chi connectivity index (χ3n) is 2.35. The number of rotatable bonds is 3. The summed E-state index contributed by atoms with van der Waals surface area (Å²) in [4.78, 5) is 11.8. The number of aryl methyl sites for hydroxylation is 1. The Morgan fingerprint density at radius 1 is 1.60 bits per heavy atom. The molecule has 78 valence electrons. The highest BCUT2D eigenvalue weighted by atomic mass is 19.1. The number of Topliss-reactive ketones (excluding diaryl/α,β-unsaturated/α-hetero) is 1. The highest BCUT2D eigenvalue weighted by molar-refractivity contribution is 6.00. The summed E-state index contributed by atoms with van der Waals surface area (Å²) in [7, 11) is 0. The van der Waals surface area contributed by atoms with E-state index in [2.05, 4.69) is 0 Å². The number of nitrogens with zero attached hydrogens (tertiary/aromatic N) is 1. The van der Waals surface area contributed by atoms with Crippen LogP contribution in [-0.2, 0) is 0 Å². The van der Waals surface area contributed by atoms with Gasteiger partial charge >= 0.3 is 0 Å². The maximum atomic E-state index is 12.9. The molecule has 0 saturated carbocycles. The minimum Gasteiger partial charge on any atom is -0.293 e. The number of carbonyl (C=O) groups excluding carboxylic acids is 1. The number of benzene rings is 1. The summed E-state index contributed by atoms with van der Waals surface area (Å²) in [5.41, 5.74) is 1.01. The third-order valence-corrected chi connectivity index (χ3v) is 2.35. The van der Waals surface area contributed by atoms with Gasteiger partial charge in [-0.15, -0.1) is 0 Å². The Balaban J connectivity index is 3.11. The SMILES string of the molecule is CCC(C#N)C(=O)c1cc(F)ccc1C. The zero-order chi connectivity index (χ0) is 11.4. The van der Waals surface area contributed by atoms with E-state index in [0.29, 0.717) is 17.5 Å². The van der Waals surface area contributed by atoms with Crippen LogP contribution in [0.1, 0.15) is 29.3 Å². The van der Waals surface area contributed by atoms with Crippen molar-refractivity contribution >= 4 is 5.78 Å². The van der Waals surface area contributed by atoms with Crippen molar-refractivity contribution in [3.8, 4) is 6.07 Å². The van der Waals surface area contributed by atoms with E-state index >= 15 is 0 Å². The van der Waals surface area contributed by atoms with Crippen molar-refractivity contribution in [2.75, 3.05) is 0 Å². The van der Waals surface area contributed by atoms with Crippen LogP contribution in [0.2, 0.25) is 0 Å². The third kappa shape index (κ3) is 2.41. The van der Waals surface area contributed by atoms with Gasteiger partial charge in [0.1, 0.15) is 11.7 Å². The van der Waals surface area contributed by atoms with Gasteiger partial charge in [0.25, 0.3) is 0 Å². The molecule has 1 aromatic rings. The van der Waals surface area contributed by atoms with Crippen molar-refractivity contribution in [1.82, 2.24) is 0 Å². The predicted molar refractivity (Wildman–Crippen MR) is 54.9 cm³/mol. The standard InChI is InChI=1S/C12H12FNO/c1-3-9(7-14)12(15)11-6-10(13)5-4-8(11)2/h4-6,9H,3H2,1-2H3. The number of hydrogen-bond donors (Lipinski definition) is 0. The first-order chi connectivity index (χ1) is 7.10. The first-order valence-corrected chi connectivity index (χ1v) is 4.80. The number of carbonyl (C=O) groups is 1. The second-order valence-corrected chi connectivity index (χ2v) is 3.41. The van der Waals surface area contributed by atoms with Gasteiger partial charge in [0, 0.05) is 5.56 Å². The van der Waals surface area contributed by atoms with Gasteiger partial charge in [-0.05, 0) is 31.0 Å². The molecule has 1 unspecified atom stereocenters. The van der Waals surface area contributed by atoms with Gasteiger partial charge in [-0.25, -0.2) is 4.39 Å². The number of hydrogen-bond acceptors (Lipinski definition) is 2. The fourth-order valence-corrected chi connectivity index (χ4v) is 1.38. The summed E-state index contributed by atoms with van der Waals surface area (Å²) >= 11 is 0. The monoisotopic (exact) mass is 205 g/mol. The number of halogens is 1. The van der Waals surface area contributed by atoms with E-state index < -0.39 is 11.7 Å². The van der Waals surface area contributed by atoms with Gasteiger partial charge in [0.15, 0.2) is 5.78 Å². The smallest absolute Gasteiger partial charge is 0.180 e. The van der Waals surface area contributed by atoms with Crippen LogP contribution in [0.4, 0.5) is 4.39 Å². The first-order valence-electron chi connectivity index (χ1n) is 4.80. The second kappa shape index (κ2) is 4.70. The largest absolute Gasteiger partial charge is 0.293 e. The summed E-state index contributed by atoms with van der Waals surface area (Å²) < 4.78 is 12.9. The van der Waals surface area contributed by atoms with E-state index in [-0.39, 0.29) is 5.78 Å². The lowest BCUT2D eigenvalue weighted by molar-refractivity contribution is 0.0945. The molecule has 0 saturated heterocycles. The van der Waals surface area contributed by atoms with Crippen LogP contribution in [0.3, 0.4) is 0 Å². The highest BCUT2D eigenvalue weighted by Crippen LogP contribution is 2.16.